The molecular formula is C12H21O4P. The van der Waals surface area contributed by atoms with Gasteiger partial charge in [-0.25, -0.2) is 0 Å². The molecule has 1 aromatic carbocycles. The van der Waals surface area contributed by atoms with Crippen molar-refractivity contribution in [2.24, 2.45) is 0 Å². The Labute approximate surface area is 104 Å². The van der Waals surface area contributed by atoms with Crippen molar-refractivity contribution in [2.75, 3.05) is 7.11 Å². The highest BCUT2D eigenvalue weighted by Gasteiger charge is 1.97. The van der Waals surface area contributed by atoms with Crippen LogP contribution in [0.2, 0.25) is 0 Å². The Hall–Kier alpha value is -0.830. The average molecular weight is 260 g/mol. The smallest absolute Gasteiger partial charge is 0.316 e. The molecule has 98 valence electrons. The summed E-state index contributed by atoms with van der Waals surface area (Å²) in [5, 5.41) is 0. The molecule has 0 aliphatic heterocycles. The van der Waals surface area contributed by atoms with Gasteiger partial charge in [-0.05, 0) is 17.7 Å². The molecule has 0 saturated carbocycles. The van der Waals surface area contributed by atoms with Crippen molar-refractivity contribution in [3.8, 4) is 5.75 Å². The van der Waals surface area contributed by atoms with Crippen LogP contribution in [0.15, 0.2) is 24.3 Å². The number of unbranched alkanes of at least 4 members (excludes halogenated alkanes) is 1. The van der Waals surface area contributed by atoms with Crippen LogP contribution < -0.4 is 4.74 Å². The molecule has 0 amide bonds. The molecule has 1 atom stereocenters. The van der Waals surface area contributed by atoms with E-state index in [0.29, 0.717) is 5.75 Å². The molecule has 1 rings (SSSR count). The summed E-state index contributed by atoms with van der Waals surface area (Å²) in [5.74, 6) is 0.707. The van der Waals surface area contributed by atoms with Crippen molar-refractivity contribution in [1.29, 1.82) is 0 Å². The lowest BCUT2D eigenvalue weighted by atomic mass is 10.2. The van der Waals surface area contributed by atoms with E-state index in [2.05, 4.69) is 18.4 Å². The molecule has 0 heterocycles. The van der Waals surface area contributed by atoms with E-state index in [1.165, 1.54) is 12.8 Å². The Balaban J connectivity index is 0.000000557. The third-order valence-electron chi connectivity index (χ3n) is 2.00. The summed E-state index contributed by atoms with van der Waals surface area (Å²) in [7, 11) is -1.28. The highest BCUT2D eigenvalue weighted by Crippen LogP contribution is 2.20. The van der Waals surface area contributed by atoms with Crippen molar-refractivity contribution in [3.05, 3.63) is 29.8 Å². The lowest BCUT2D eigenvalue weighted by Crippen LogP contribution is -1.88. The summed E-state index contributed by atoms with van der Waals surface area (Å²) in [4.78, 5) is 8.43. The zero-order valence-corrected chi connectivity index (χ0v) is 11.6. The van der Waals surface area contributed by atoms with Crippen LogP contribution in [0.5, 0.6) is 5.75 Å². The van der Waals surface area contributed by atoms with Crippen LogP contribution in [0.4, 0.5) is 0 Å². The molecule has 0 spiro atoms. The average Bonchev–Trinajstić information content (AvgIpc) is 2.37. The lowest BCUT2D eigenvalue weighted by Gasteiger charge is -2.03. The molecule has 0 aliphatic carbocycles. The molecule has 5 heteroatoms. The highest BCUT2D eigenvalue weighted by atomic mass is 31.1. The van der Waals surface area contributed by atoms with E-state index in [1.54, 1.807) is 31.4 Å². The topological polar surface area (TPSA) is 55.8 Å². The van der Waals surface area contributed by atoms with E-state index in [0.717, 1.165) is 5.56 Å². The summed E-state index contributed by atoms with van der Waals surface area (Å²) in [6.07, 6.45) is 2.64. The minimum Gasteiger partial charge on any atom is -0.497 e. The highest BCUT2D eigenvalue weighted by molar-refractivity contribution is 7.32. The molecule has 0 aliphatic rings. The van der Waals surface area contributed by atoms with Gasteiger partial charge in [0.1, 0.15) is 5.75 Å². The van der Waals surface area contributed by atoms with Crippen LogP contribution >= 0.6 is 8.25 Å². The van der Waals surface area contributed by atoms with Crippen molar-refractivity contribution in [2.45, 2.75) is 33.3 Å². The van der Waals surface area contributed by atoms with Gasteiger partial charge in [-0.2, -0.15) is 0 Å². The number of ether oxygens (including phenoxy) is 1. The monoisotopic (exact) mass is 260 g/mol. The van der Waals surface area contributed by atoms with Gasteiger partial charge in [0.25, 0.3) is 0 Å². The van der Waals surface area contributed by atoms with Crippen LogP contribution in [0.1, 0.15) is 32.3 Å². The first-order chi connectivity index (χ1) is 8.13. The Morgan fingerprint density at radius 1 is 1.29 bits per heavy atom. The summed E-state index contributed by atoms with van der Waals surface area (Å²) < 4.78 is 19.8. The zero-order valence-electron chi connectivity index (χ0n) is 10.6. The molecule has 1 aromatic rings. The standard InChI is InChI=1S/C8H11O4P.C4H10/c1-11-8-4-2-3-7(5-8)6-12-13(9)10;1-3-4-2/h2-5,13H,6H2,1H3,(H,9,10);3-4H2,1-2H3. The normalized spacial score (nSPS) is 11.3. The van der Waals surface area contributed by atoms with Gasteiger partial charge >= 0.3 is 8.25 Å². The molecule has 4 nitrogen and oxygen atoms in total. The molecule has 0 bridgehead atoms. The number of methoxy groups -OCH3 is 1. The zero-order chi connectivity index (χ0) is 13.1. The minimum atomic E-state index is -2.84. The number of rotatable bonds is 5. The van der Waals surface area contributed by atoms with E-state index < -0.39 is 8.25 Å². The van der Waals surface area contributed by atoms with E-state index in [1.807, 2.05) is 0 Å². The van der Waals surface area contributed by atoms with Crippen LogP contribution in [0.25, 0.3) is 0 Å². The lowest BCUT2D eigenvalue weighted by molar-refractivity contribution is 0.272. The third kappa shape index (κ3) is 8.93. The maximum atomic E-state index is 10.3. The summed E-state index contributed by atoms with van der Waals surface area (Å²) in [6.45, 7) is 4.49. The molecule has 17 heavy (non-hydrogen) atoms. The third-order valence-corrected chi connectivity index (χ3v) is 2.39. The van der Waals surface area contributed by atoms with Gasteiger partial charge in [0, 0.05) is 0 Å². The molecular weight excluding hydrogens is 239 g/mol. The van der Waals surface area contributed by atoms with Gasteiger partial charge in [0.15, 0.2) is 0 Å². The van der Waals surface area contributed by atoms with Crippen molar-refractivity contribution < 1.29 is 18.7 Å². The Bertz CT molecular complexity index is 326. The molecule has 0 radical (unpaired) electrons. The SMILES string of the molecule is CCCC.COc1cccc(CO[PH](=O)O)c1. The Morgan fingerprint density at radius 3 is 2.41 bits per heavy atom. The van der Waals surface area contributed by atoms with Gasteiger partial charge in [-0.3, -0.25) is 4.57 Å². The maximum Gasteiger partial charge on any atom is 0.316 e. The Morgan fingerprint density at radius 2 is 1.94 bits per heavy atom. The first kappa shape index (κ1) is 16.2. The predicted molar refractivity (Wildman–Crippen MR) is 69.6 cm³/mol. The summed E-state index contributed by atoms with van der Waals surface area (Å²) in [5.41, 5.74) is 0.812. The van der Waals surface area contributed by atoms with Crippen LogP contribution in [0.3, 0.4) is 0 Å². The van der Waals surface area contributed by atoms with Gasteiger partial charge in [-0.1, -0.05) is 38.8 Å². The van der Waals surface area contributed by atoms with E-state index in [4.69, 9.17) is 9.63 Å². The second-order valence-corrected chi connectivity index (χ2v) is 4.23. The fourth-order valence-corrected chi connectivity index (χ4v) is 1.20. The number of hydrogen-bond donors (Lipinski definition) is 1. The molecule has 1 unspecified atom stereocenters. The molecule has 1 N–H and O–H groups in total. The van der Waals surface area contributed by atoms with Crippen molar-refractivity contribution in [1.82, 2.24) is 0 Å². The molecule has 0 fully saturated rings. The van der Waals surface area contributed by atoms with Crippen molar-refractivity contribution >= 4 is 8.25 Å². The van der Waals surface area contributed by atoms with E-state index in [-0.39, 0.29) is 6.61 Å². The summed E-state index contributed by atoms with van der Waals surface area (Å²) >= 11 is 0. The van der Waals surface area contributed by atoms with Crippen LogP contribution in [-0.2, 0) is 15.7 Å². The first-order valence-electron chi connectivity index (χ1n) is 5.62. The van der Waals surface area contributed by atoms with E-state index in [9.17, 15) is 4.57 Å². The van der Waals surface area contributed by atoms with Gasteiger partial charge in [0.2, 0.25) is 0 Å². The molecule has 0 saturated heterocycles. The number of hydrogen-bond acceptors (Lipinski definition) is 3. The molecule has 0 aromatic heterocycles. The van der Waals surface area contributed by atoms with Crippen molar-refractivity contribution in [3.63, 3.8) is 0 Å². The largest absolute Gasteiger partial charge is 0.497 e. The maximum absolute atomic E-state index is 10.3. The quantitative estimate of drug-likeness (QED) is 0.824. The Kier molecular flexibility index (Phi) is 9.83. The second kappa shape index (κ2) is 10.3. The fourth-order valence-electron chi connectivity index (χ4n) is 0.907. The van der Waals surface area contributed by atoms with Gasteiger partial charge in [0.05, 0.1) is 13.7 Å². The van der Waals surface area contributed by atoms with Gasteiger partial charge in [-0.15, -0.1) is 0 Å². The fraction of sp³-hybridized carbons (Fsp3) is 0.500. The second-order valence-electron chi connectivity index (χ2n) is 3.41. The minimum absolute atomic E-state index is 0.130. The number of benzene rings is 1. The van der Waals surface area contributed by atoms with Gasteiger partial charge < -0.3 is 14.2 Å². The predicted octanol–water partition coefficient (Wildman–Crippen LogP) is 3.40. The summed E-state index contributed by atoms with van der Waals surface area (Å²) in [6, 6.07) is 7.15. The van der Waals surface area contributed by atoms with E-state index >= 15 is 0 Å². The van der Waals surface area contributed by atoms with Crippen LogP contribution in [-0.4, -0.2) is 12.0 Å². The first-order valence-corrected chi connectivity index (χ1v) is 6.89. The van der Waals surface area contributed by atoms with Crippen LogP contribution in [0, 0.1) is 0 Å².